The quantitative estimate of drug-likeness (QED) is 0.407. The number of para-hydroxylation sites is 1. The Morgan fingerprint density at radius 3 is 2.55 bits per heavy atom. The van der Waals surface area contributed by atoms with Crippen LogP contribution in [0.15, 0.2) is 46.7 Å². The first kappa shape index (κ1) is 25.8. The van der Waals surface area contributed by atoms with Gasteiger partial charge in [0.15, 0.2) is 5.82 Å². The van der Waals surface area contributed by atoms with Crippen LogP contribution in [0, 0.1) is 12.7 Å². The van der Waals surface area contributed by atoms with Crippen molar-refractivity contribution in [1.29, 1.82) is 0 Å². The summed E-state index contributed by atoms with van der Waals surface area (Å²) in [7, 11) is 0. The lowest BCUT2D eigenvalue weighted by Crippen LogP contribution is -2.50. The average molecular weight is 532 g/mol. The zero-order chi connectivity index (χ0) is 27.0. The molecule has 1 saturated heterocycles. The lowest BCUT2D eigenvalue weighted by molar-refractivity contribution is 0.321. The maximum absolute atomic E-state index is 14.4. The van der Waals surface area contributed by atoms with Gasteiger partial charge in [0.2, 0.25) is 5.88 Å². The molecule has 1 aliphatic heterocycles. The standard InChI is InChI=1S/C29H30FN5O2S/c1-5-19-9-7-10-20(6-2)26(19)35-27(23-16-38-18(4)33-23)32-17(3)24(29(35)37)28(36)34-14-12-21(15-34)25-22(30)11-8-13-31-25/h7-11,13,16,21,36H,3,5-6,12,14-15H2,1-2,4H3. The number of likely N-dealkylation sites (tertiary alicyclic amines) is 1. The molecule has 1 unspecified atom stereocenters. The van der Waals surface area contributed by atoms with Gasteiger partial charge in [-0.15, -0.1) is 11.3 Å². The topological polar surface area (TPSA) is 84.1 Å². The molecule has 0 bridgehead atoms. The van der Waals surface area contributed by atoms with E-state index >= 15 is 0 Å². The van der Waals surface area contributed by atoms with Crippen LogP contribution in [0.2, 0.25) is 0 Å². The van der Waals surface area contributed by atoms with E-state index in [1.807, 2.05) is 44.4 Å². The normalized spacial score (nSPS) is 16.2. The van der Waals surface area contributed by atoms with E-state index < -0.39 is 5.56 Å². The minimum Gasteiger partial charge on any atom is -0.494 e. The van der Waals surface area contributed by atoms with Crippen molar-refractivity contribution in [3.8, 4) is 17.2 Å². The second kappa shape index (κ2) is 10.5. The number of aryl methyl sites for hydroxylation is 3. The van der Waals surface area contributed by atoms with Gasteiger partial charge in [0.05, 0.1) is 21.7 Å². The Kier molecular flexibility index (Phi) is 7.12. The molecule has 1 aromatic carbocycles. The predicted octanol–water partition coefficient (Wildman–Crippen LogP) is 3.85. The number of pyridine rings is 1. The lowest BCUT2D eigenvalue weighted by atomic mass is 10.0. The molecule has 0 spiro atoms. The third kappa shape index (κ3) is 4.51. The number of aliphatic hydroxyl groups is 1. The molecule has 196 valence electrons. The zero-order valence-electron chi connectivity index (χ0n) is 21.7. The van der Waals surface area contributed by atoms with Crippen LogP contribution in [0.1, 0.15) is 48.0 Å². The van der Waals surface area contributed by atoms with Crippen LogP contribution in [-0.2, 0) is 12.8 Å². The molecule has 38 heavy (non-hydrogen) atoms. The van der Waals surface area contributed by atoms with Crippen molar-refractivity contribution in [3.05, 3.63) is 90.5 Å². The molecule has 0 aliphatic carbocycles. The van der Waals surface area contributed by atoms with Crippen LogP contribution in [0.4, 0.5) is 4.39 Å². The summed E-state index contributed by atoms with van der Waals surface area (Å²) in [6, 6.07) is 8.95. The van der Waals surface area contributed by atoms with Crippen LogP contribution in [-0.4, -0.2) is 42.6 Å². The van der Waals surface area contributed by atoms with E-state index in [4.69, 9.17) is 4.98 Å². The summed E-state index contributed by atoms with van der Waals surface area (Å²) in [6.07, 6.45) is 3.59. The van der Waals surface area contributed by atoms with Gasteiger partial charge in [-0.05, 0) is 49.4 Å². The Morgan fingerprint density at radius 2 is 1.92 bits per heavy atom. The summed E-state index contributed by atoms with van der Waals surface area (Å²) in [4.78, 5) is 29.6. The molecule has 5 rings (SSSR count). The fraction of sp³-hybridized carbons (Fsp3) is 0.310. The Bertz CT molecular complexity index is 1660. The minimum absolute atomic E-state index is 0.0378. The first-order valence-electron chi connectivity index (χ1n) is 12.8. The highest BCUT2D eigenvalue weighted by atomic mass is 32.1. The average Bonchev–Trinajstić information content (AvgIpc) is 3.58. The highest BCUT2D eigenvalue weighted by Gasteiger charge is 2.30. The maximum atomic E-state index is 14.4. The van der Waals surface area contributed by atoms with Crippen molar-refractivity contribution in [1.82, 2.24) is 24.4 Å². The molecule has 0 radical (unpaired) electrons. The van der Waals surface area contributed by atoms with Gasteiger partial charge in [0.1, 0.15) is 16.7 Å². The van der Waals surface area contributed by atoms with Gasteiger partial charge in [-0.2, -0.15) is 0 Å². The summed E-state index contributed by atoms with van der Waals surface area (Å²) in [5, 5.41) is 14.4. The Hall–Kier alpha value is -3.85. The first-order chi connectivity index (χ1) is 18.3. The summed E-state index contributed by atoms with van der Waals surface area (Å²) >= 11 is 1.48. The van der Waals surface area contributed by atoms with Crippen molar-refractivity contribution >= 4 is 23.8 Å². The van der Waals surface area contributed by atoms with Crippen molar-refractivity contribution in [2.24, 2.45) is 0 Å². The van der Waals surface area contributed by atoms with E-state index in [1.165, 1.54) is 17.4 Å². The smallest absolute Gasteiger partial charge is 0.271 e. The summed E-state index contributed by atoms with van der Waals surface area (Å²) < 4.78 is 16.0. The van der Waals surface area contributed by atoms with Crippen molar-refractivity contribution in [2.75, 3.05) is 13.1 Å². The van der Waals surface area contributed by atoms with Gasteiger partial charge in [-0.25, -0.2) is 14.4 Å². The van der Waals surface area contributed by atoms with Crippen LogP contribution in [0.25, 0.3) is 29.7 Å². The van der Waals surface area contributed by atoms with E-state index in [2.05, 4.69) is 16.5 Å². The first-order valence-corrected chi connectivity index (χ1v) is 13.7. The second-order valence-electron chi connectivity index (χ2n) is 9.41. The van der Waals surface area contributed by atoms with Gasteiger partial charge >= 0.3 is 0 Å². The van der Waals surface area contributed by atoms with Crippen molar-refractivity contribution in [3.63, 3.8) is 0 Å². The molecular weight excluding hydrogens is 501 g/mol. The van der Waals surface area contributed by atoms with E-state index in [-0.39, 0.29) is 28.2 Å². The molecule has 9 heteroatoms. The number of benzene rings is 1. The van der Waals surface area contributed by atoms with Crippen LogP contribution in [0.3, 0.4) is 0 Å². The molecule has 0 amide bonds. The van der Waals surface area contributed by atoms with E-state index in [9.17, 15) is 14.3 Å². The monoisotopic (exact) mass is 531 g/mol. The molecule has 4 heterocycles. The van der Waals surface area contributed by atoms with Gasteiger partial charge < -0.3 is 10.0 Å². The maximum Gasteiger partial charge on any atom is 0.271 e. The Labute approximate surface area is 224 Å². The van der Waals surface area contributed by atoms with Crippen LogP contribution >= 0.6 is 11.3 Å². The third-order valence-electron chi connectivity index (χ3n) is 7.08. The summed E-state index contributed by atoms with van der Waals surface area (Å²) in [6.45, 7) is 10.8. The number of thiazole rings is 1. The third-order valence-corrected chi connectivity index (χ3v) is 7.85. The van der Waals surface area contributed by atoms with Crippen LogP contribution in [0.5, 0.6) is 0 Å². The number of aromatic nitrogens is 4. The molecule has 3 aromatic heterocycles. The van der Waals surface area contributed by atoms with Gasteiger partial charge in [-0.3, -0.25) is 14.3 Å². The summed E-state index contributed by atoms with van der Waals surface area (Å²) in [5.41, 5.74) is 3.30. The van der Waals surface area contributed by atoms with E-state index in [0.717, 1.165) is 21.8 Å². The molecule has 0 saturated carbocycles. The van der Waals surface area contributed by atoms with E-state index in [0.29, 0.717) is 49.6 Å². The number of halogens is 1. The second-order valence-corrected chi connectivity index (χ2v) is 10.5. The molecule has 1 N–H and O–H groups in total. The molecule has 1 fully saturated rings. The molecule has 1 atom stereocenters. The number of aliphatic hydroxyl groups excluding tert-OH is 1. The zero-order valence-corrected chi connectivity index (χ0v) is 22.6. The lowest BCUT2D eigenvalue weighted by Gasteiger charge is -2.20. The van der Waals surface area contributed by atoms with Crippen molar-refractivity contribution < 1.29 is 9.50 Å². The summed E-state index contributed by atoms with van der Waals surface area (Å²) in [5.74, 6) is -0.377. The van der Waals surface area contributed by atoms with Gasteiger partial charge in [0.25, 0.3) is 5.56 Å². The minimum atomic E-state index is -0.411. The number of hydrogen-bond acceptors (Lipinski definition) is 7. The largest absolute Gasteiger partial charge is 0.494 e. The Morgan fingerprint density at radius 1 is 1.18 bits per heavy atom. The number of hydrogen-bond donors (Lipinski definition) is 1. The number of nitrogens with zero attached hydrogens (tertiary/aromatic N) is 5. The molecule has 4 aromatic rings. The van der Waals surface area contributed by atoms with E-state index in [1.54, 1.807) is 21.7 Å². The fourth-order valence-corrected chi connectivity index (χ4v) is 5.76. The van der Waals surface area contributed by atoms with Crippen molar-refractivity contribution in [2.45, 2.75) is 46.0 Å². The fourth-order valence-electron chi connectivity index (χ4n) is 5.17. The Balaban J connectivity index is 1.74. The van der Waals surface area contributed by atoms with Crippen LogP contribution < -0.4 is 16.1 Å². The molecule has 7 nitrogen and oxygen atoms in total. The highest BCUT2D eigenvalue weighted by molar-refractivity contribution is 7.09. The van der Waals surface area contributed by atoms with Gasteiger partial charge in [-0.1, -0.05) is 38.6 Å². The molecule has 1 aliphatic rings. The number of rotatable bonds is 6. The molecular formula is C29H30FN5O2S. The SMILES string of the molecule is C=c1nc(-c2csc(C)n2)n(-c2c(CC)cccc2CC)c(=O)c1=C(O)N1CCC(c2ncccc2F)C1. The highest BCUT2D eigenvalue weighted by Crippen LogP contribution is 2.29. The predicted molar refractivity (Wildman–Crippen MR) is 148 cm³/mol. The van der Waals surface area contributed by atoms with Gasteiger partial charge in [0, 0.05) is 30.6 Å².